The lowest BCUT2D eigenvalue weighted by molar-refractivity contribution is -0.665. The number of hydrogen-bond acceptors (Lipinski definition) is 18. The van der Waals surface area contributed by atoms with E-state index in [-0.39, 0.29) is 34.8 Å². The van der Waals surface area contributed by atoms with Gasteiger partial charge in [-0.2, -0.15) is 18.3 Å². The van der Waals surface area contributed by atoms with Gasteiger partial charge in [0.25, 0.3) is 24.0 Å². The number of halogens is 4. The number of carbonyl (C=O) groups excluding carboxylic acids is 2. The van der Waals surface area contributed by atoms with Crippen LogP contribution in [0.15, 0.2) is 79.6 Å². The molecule has 4 aliphatic rings. The standard InChI is InChI=1S/C62H72F4N20O2/c1-38-9-10-40(57(87)72-43-29-44(62(64,65)66)52(63)48(30-43)83-23-19-81(6)20-24-83)27-45(38)73-56-54-49(33-68-60(77-54)85-25-21-82(22-26-85)34-39-13-17-80(5)18-14-39)86(37-71-56)35-42-12-11-41(58(88)75-51-31-50(78-79-51)61(2,3)4)28-46(42)74-55-53-47(69-36-70-55)32-67-59(76-53)84-15-7-8-16-84/h9-12,27-33,36-37,39H,7-8,13-26,34-35H2,1-6H3,(H4,67,68,69,70,72,73,74,75,76,77,78,79,87,88)/p+1. The molecule has 0 saturated carbocycles. The predicted octanol–water partition coefficient (Wildman–Crippen LogP) is 8.39. The SMILES string of the molecule is Cc1ccc(C(=O)Nc2cc(N3CCN(C)CC3)c(F)c(C(F)(F)F)c2)cc1Nc1nc[n+](Cc2ccc(C(=O)Nc3cc(C(C)(C)C)[nH]n3)cc2Nc2ncnc3cnc(N4CCCC4)nc23)c2cnc(N3CCN(CC4CCN(C)CC4)CC3)nc12. The molecule has 22 nitrogen and oxygen atoms in total. The molecule has 0 unspecified atom stereocenters. The van der Waals surface area contributed by atoms with Crippen molar-refractivity contribution in [2.24, 2.45) is 5.92 Å². The van der Waals surface area contributed by atoms with Crippen LogP contribution in [-0.2, 0) is 18.1 Å². The van der Waals surface area contributed by atoms with E-state index < -0.39 is 23.5 Å². The largest absolute Gasteiger partial charge is 0.419 e. The van der Waals surface area contributed by atoms with Crippen LogP contribution in [0.5, 0.6) is 0 Å². The van der Waals surface area contributed by atoms with Crippen LogP contribution in [0.3, 0.4) is 0 Å². The summed E-state index contributed by atoms with van der Waals surface area (Å²) >= 11 is 0. The number of aromatic amines is 1. The number of carbonyl (C=O) groups is 2. The third-order valence-electron chi connectivity index (χ3n) is 17.2. The van der Waals surface area contributed by atoms with Gasteiger partial charge in [0.1, 0.15) is 23.9 Å². The summed E-state index contributed by atoms with van der Waals surface area (Å²) in [6.07, 6.45) is 6.01. The Morgan fingerprint density at radius 1 is 0.682 bits per heavy atom. The number of alkyl halides is 3. The lowest BCUT2D eigenvalue weighted by Gasteiger charge is -2.38. The molecule has 3 aromatic carbocycles. The Bertz CT molecular complexity index is 3880. The summed E-state index contributed by atoms with van der Waals surface area (Å²) < 4.78 is 60.7. The summed E-state index contributed by atoms with van der Waals surface area (Å²) in [6, 6.07) is 14.0. The number of rotatable bonds is 15. The van der Waals surface area contributed by atoms with Crippen LogP contribution in [-0.4, -0.2) is 171 Å². The monoisotopic (exact) mass is 1210 g/mol. The number of hydrogen-bond donors (Lipinski definition) is 5. The molecule has 5 N–H and O–H groups in total. The first-order valence-corrected chi connectivity index (χ1v) is 30.0. The van der Waals surface area contributed by atoms with E-state index in [0.29, 0.717) is 120 Å². The normalized spacial score (nSPS) is 16.9. The number of anilines is 9. The minimum atomic E-state index is -5.01. The van der Waals surface area contributed by atoms with Crippen molar-refractivity contribution >= 4 is 86.0 Å². The third-order valence-corrected chi connectivity index (χ3v) is 17.2. The zero-order chi connectivity index (χ0) is 61.4. The number of aryl methyl sites for hydroxylation is 1. The maximum atomic E-state index is 15.7. The van der Waals surface area contributed by atoms with Gasteiger partial charge in [-0.3, -0.25) is 19.6 Å². The second kappa shape index (κ2) is 24.8. The number of benzene rings is 3. The number of likely N-dealkylation sites (tertiary alicyclic amines) is 1. The van der Waals surface area contributed by atoms with Crippen molar-refractivity contribution in [3.8, 4) is 0 Å². The zero-order valence-electron chi connectivity index (χ0n) is 50.3. The Morgan fingerprint density at radius 2 is 1.32 bits per heavy atom. The van der Waals surface area contributed by atoms with E-state index in [1.54, 1.807) is 54.0 Å². The number of fused-ring (bicyclic) bond motifs is 2. The number of piperazine rings is 2. The van der Waals surface area contributed by atoms with Gasteiger partial charge in [0, 0.05) is 123 Å². The van der Waals surface area contributed by atoms with E-state index in [1.807, 2.05) is 35.6 Å². The van der Waals surface area contributed by atoms with E-state index in [2.05, 4.69) is 93.8 Å². The molecule has 26 heteroatoms. The number of likely N-dealkylation sites (N-methyl/N-ethyl adjacent to an activating group) is 1. The molecular formula is C62H73F4N20O2+. The van der Waals surface area contributed by atoms with Crippen LogP contribution in [0.4, 0.5) is 69.7 Å². The van der Waals surface area contributed by atoms with Gasteiger partial charge in [0.05, 0.1) is 23.6 Å². The van der Waals surface area contributed by atoms with Gasteiger partial charge in [-0.25, -0.2) is 38.9 Å². The summed E-state index contributed by atoms with van der Waals surface area (Å²) in [5, 5.41) is 20.0. The molecular weight excluding hydrogens is 1130 g/mol. The predicted molar refractivity (Wildman–Crippen MR) is 331 cm³/mol. The fourth-order valence-electron chi connectivity index (χ4n) is 11.8. The van der Waals surface area contributed by atoms with Crippen molar-refractivity contribution in [2.45, 2.75) is 71.5 Å². The molecule has 5 aromatic heterocycles. The summed E-state index contributed by atoms with van der Waals surface area (Å²) in [5.41, 5.74) is 3.80. The molecule has 4 fully saturated rings. The lowest BCUT2D eigenvalue weighted by Crippen LogP contribution is -2.49. The fraction of sp³-hybridized carbons (Fsp3) is 0.435. The summed E-state index contributed by atoms with van der Waals surface area (Å²) in [6.45, 7) is 18.0. The molecule has 8 aromatic rings. The quantitative estimate of drug-likeness (QED) is 0.0480. The van der Waals surface area contributed by atoms with Crippen molar-refractivity contribution < 1.29 is 31.7 Å². The first-order chi connectivity index (χ1) is 42.3. The Balaban J connectivity index is 0.884. The van der Waals surface area contributed by atoms with E-state index in [4.69, 9.17) is 19.9 Å². The minimum Gasteiger partial charge on any atom is -0.367 e. The second-order valence-electron chi connectivity index (χ2n) is 24.6. The smallest absolute Gasteiger partial charge is 0.367 e. The number of piperidine rings is 1. The maximum Gasteiger partial charge on any atom is 0.419 e. The molecule has 4 aliphatic heterocycles. The molecule has 12 rings (SSSR count). The number of H-pyrrole nitrogens is 1. The van der Waals surface area contributed by atoms with Gasteiger partial charge in [0.15, 0.2) is 28.5 Å². The van der Waals surface area contributed by atoms with Crippen molar-refractivity contribution in [3.63, 3.8) is 0 Å². The van der Waals surface area contributed by atoms with E-state index in [9.17, 15) is 22.8 Å². The van der Waals surface area contributed by atoms with Crippen LogP contribution < -0.4 is 40.5 Å². The highest BCUT2D eigenvalue weighted by Crippen LogP contribution is 2.39. The average molecular weight is 1210 g/mol. The number of amides is 2. The summed E-state index contributed by atoms with van der Waals surface area (Å²) in [5.74, 6) is 0.418. The Morgan fingerprint density at radius 3 is 2.03 bits per heavy atom. The molecule has 2 amide bonds. The molecule has 460 valence electrons. The van der Waals surface area contributed by atoms with E-state index in [1.165, 1.54) is 25.2 Å². The third kappa shape index (κ3) is 13.2. The molecule has 0 bridgehead atoms. The van der Waals surface area contributed by atoms with Crippen LogP contribution in [0.2, 0.25) is 0 Å². The Kier molecular flexibility index (Phi) is 16.8. The van der Waals surface area contributed by atoms with Gasteiger partial charge in [-0.15, -0.1) is 0 Å². The molecule has 9 heterocycles. The van der Waals surface area contributed by atoms with Crippen LogP contribution in [0.25, 0.3) is 22.1 Å². The summed E-state index contributed by atoms with van der Waals surface area (Å²) in [7, 11) is 4.07. The second-order valence-corrected chi connectivity index (χ2v) is 24.6. The molecule has 0 spiro atoms. The lowest BCUT2D eigenvalue weighted by atomic mass is 9.92. The Hall–Kier alpha value is -8.75. The number of nitrogens with zero attached hydrogens (tertiary/aromatic N) is 15. The van der Waals surface area contributed by atoms with Crippen LogP contribution >= 0.6 is 0 Å². The number of aromatic nitrogens is 10. The van der Waals surface area contributed by atoms with E-state index in [0.717, 1.165) is 75.5 Å². The zero-order valence-corrected chi connectivity index (χ0v) is 50.3. The number of nitrogens with one attached hydrogen (secondary N) is 5. The molecule has 0 aliphatic carbocycles. The molecule has 0 radical (unpaired) electrons. The van der Waals surface area contributed by atoms with Crippen molar-refractivity contribution in [1.29, 1.82) is 0 Å². The topological polar surface area (TPSA) is 224 Å². The Labute approximate surface area is 507 Å². The highest BCUT2D eigenvalue weighted by Gasteiger charge is 2.37. The minimum absolute atomic E-state index is 0.127. The van der Waals surface area contributed by atoms with Crippen molar-refractivity contribution in [2.75, 3.05) is 135 Å². The highest BCUT2D eigenvalue weighted by molar-refractivity contribution is 6.06. The van der Waals surface area contributed by atoms with Gasteiger partial charge >= 0.3 is 6.18 Å². The van der Waals surface area contributed by atoms with Gasteiger partial charge in [-0.1, -0.05) is 32.9 Å². The van der Waals surface area contributed by atoms with Crippen LogP contribution in [0, 0.1) is 18.7 Å². The highest BCUT2D eigenvalue weighted by atomic mass is 19.4. The molecule has 0 atom stereocenters. The van der Waals surface area contributed by atoms with Crippen molar-refractivity contribution in [1.82, 2.24) is 59.8 Å². The van der Waals surface area contributed by atoms with Gasteiger partial charge in [0.2, 0.25) is 11.9 Å². The maximum absolute atomic E-state index is 15.7. The van der Waals surface area contributed by atoms with Gasteiger partial charge in [-0.05, 0) is 113 Å². The van der Waals surface area contributed by atoms with Crippen molar-refractivity contribution in [3.05, 3.63) is 119 Å². The average Bonchev–Trinajstić information content (AvgIpc) is 3.17. The first-order valence-electron chi connectivity index (χ1n) is 30.0. The first kappa shape index (κ1) is 59.6. The van der Waals surface area contributed by atoms with Crippen LogP contribution in [0.1, 0.15) is 89.6 Å². The summed E-state index contributed by atoms with van der Waals surface area (Å²) in [4.78, 5) is 75.1. The molecule has 88 heavy (non-hydrogen) atoms. The molecule has 4 saturated heterocycles. The fourth-order valence-corrected chi connectivity index (χ4v) is 11.8. The van der Waals surface area contributed by atoms with E-state index >= 15 is 4.39 Å². The van der Waals surface area contributed by atoms with Gasteiger partial charge < -0.3 is 45.8 Å².